The highest BCUT2D eigenvalue weighted by Crippen LogP contribution is 2.22. The third-order valence-electron chi connectivity index (χ3n) is 4.44. The quantitative estimate of drug-likeness (QED) is 0.566. The second kappa shape index (κ2) is 8.67. The summed E-state index contributed by atoms with van der Waals surface area (Å²) in [6.45, 7) is 1.23. The Labute approximate surface area is 160 Å². The standard InChI is InChI=1S/C20H24N2O4S/c1-25-15-13-21(14-16-26-2)27(23,24)19-9-7-18(8-10-19)22-12-11-17-5-3-4-6-20(17)22/h3-12H,13-16H2,1-2H3. The summed E-state index contributed by atoms with van der Waals surface area (Å²) in [5.41, 5.74) is 1.99. The van der Waals surface area contributed by atoms with Gasteiger partial charge in [0.15, 0.2) is 0 Å². The zero-order valence-electron chi connectivity index (χ0n) is 15.5. The predicted molar refractivity (Wildman–Crippen MR) is 106 cm³/mol. The molecule has 0 bridgehead atoms. The van der Waals surface area contributed by atoms with Crippen LogP contribution in [0.3, 0.4) is 0 Å². The van der Waals surface area contributed by atoms with Crippen LogP contribution in [-0.2, 0) is 19.5 Å². The Morgan fingerprint density at radius 2 is 1.52 bits per heavy atom. The Morgan fingerprint density at radius 3 is 2.15 bits per heavy atom. The lowest BCUT2D eigenvalue weighted by Crippen LogP contribution is -2.36. The van der Waals surface area contributed by atoms with Crippen molar-refractivity contribution in [2.75, 3.05) is 40.5 Å². The van der Waals surface area contributed by atoms with E-state index in [9.17, 15) is 8.42 Å². The number of hydrogen-bond acceptors (Lipinski definition) is 4. The molecule has 3 rings (SSSR count). The molecule has 0 amide bonds. The number of benzene rings is 2. The van der Waals surface area contributed by atoms with Crippen LogP contribution in [0.15, 0.2) is 65.7 Å². The molecule has 0 atom stereocenters. The maximum Gasteiger partial charge on any atom is 0.243 e. The van der Waals surface area contributed by atoms with E-state index in [0.717, 1.165) is 16.6 Å². The van der Waals surface area contributed by atoms with Crippen LogP contribution in [0.4, 0.5) is 0 Å². The molecule has 3 aromatic rings. The number of aromatic nitrogens is 1. The van der Waals surface area contributed by atoms with Crippen LogP contribution < -0.4 is 0 Å². The number of nitrogens with zero attached hydrogens (tertiary/aromatic N) is 2. The molecule has 0 saturated heterocycles. The van der Waals surface area contributed by atoms with Crippen LogP contribution >= 0.6 is 0 Å². The number of hydrogen-bond donors (Lipinski definition) is 0. The van der Waals surface area contributed by atoms with Gasteiger partial charge in [0.25, 0.3) is 0 Å². The summed E-state index contributed by atoms with van der Waals surface area (Å²) < 4.78 is 39.4. The second-order valence-corrected chi connectivity index (χ2v) is 8.07. The molecule has 0 spiro atoms. The number of rotatable bonds is 9. The van der Waals surface area contributed by atoms with Crippen molar-refractivity contribution in [3.05, 3.63) is 60.8 Å². The van der Waals surface area contributed by atoms with Gasteiger partial charge in [-0.2, -0.15) is 4.31 Å². The van der Waals surface area contributed by atoms with Gasteiger partial charge in [0, 0.05) is 39.2 Å². The molecule has 1 heterocycles. The van der Waals surface area contributed by atoms with Gasteiger partial charge in [-0.1, -0.05) is 18.2 Å². The Morgan fingerprint density at radius 1 is 0.889 bits per heavy atom. The van der Waals surface area contributed by atoms with Crippen LogP contribution in [0.1, 0.15) is 0 Å². The van der Waals surface area contributed by atoms with Gasteiger partial charge in [-0.3, -0.25) is 0 Å². The molecule has 0 saturated carbocycles. The summed E-state index contributed by atoms with van der Waals surface area (Å²) in [6, 6.07) is 17.0. The molecule has 0 fully saturated rings. The second-order valence-electron chi connectivity index (χ2n) is 6.13. The van der Waals surface area contributed by atoms with Gasteiger partial charge in [-0.05, 0) is 41.8 Å². The average Bonchev–Trinajstić information content (AvgIpc) is 3.12. The van der Waals surface area contributed by atoms with E-state index in [2.05, 4.69) is 0 Å². The molecule has 1 aromatic heterocycles. The largest absolute Gasteiger partial charge is 0.383 e. The Kier molecular flexibility index (Phi) is 6.28. The number of fused-ring (bicyclic) bond motifs is 1. The first-order valence-corrected chi connectivity index (χ1v) is 10.2. The van der Waals surface area contributed by atoms with Gasteiger partial charge in [0.05, 0.1) is 23.6 Å². The minimum atomic E-state index is -3.61. The van der Waals surface area contributed by atoms with Crippen molar-refractivity contribution in [2.45, 2.75) is 4.90 Å². The van der Waals surface area contributed by atoms with E-state index in [1.165, 1.54) is 4.31 Å². The lowest BCUT2D eigenvalue weighted by Gasteiger charge is -2.21. The lowest BCUT2D eigenvalue weighted by molar-refractivity contribution is 0.150. The van der Waals surface area contributed by atoms with Gasteiger partial charge in [-0.25, -0.2) is 8.42 Å². The molecule has 27 heavy (non-hydrogen) atoms. The van der Waals surface area contributed by atoms with Gasteiger partial charge >= 0.3 is 0 Å². The van der Waals surface area contributed by atoms with Gasteiger partial charge in [-0.15, -0.1) is 0 Å². The topological polar surface area (TPSA) is 60.8 Å². The smallest absolute Gasteiger partial charge is 0.243 e. The average molecular weight is 388 g/mol. The molecule has 0 N–H and O–H groups in total. The van der Waals surface area contributed by atoms with Crippen molar-refractivity contribution in [1.29, 1.82) is 0 Å². The maximum absolute atomic E-state index is 13.0. The number of sulfonamides is 1. The van der Waals surface area contributed by atoms with Crippen LogP contribution in [-0.4, -0.2) is 57.8 Å². The van der Waals surface area contributed by atoms with Crippen molar-refractivity contribution in [3.63, 3.8) is 0 Å². The van der Waals surface area contributed by atoms with Crippen molar-refractivity contribution in [3.8, 4) is 5.69 Å². The minimum Gasteiger partial charge on any atom is -0.383 e. The fourth-order valence-corrected chi connectivity index (χ4v) is 4.38. The molecule has 0 aliphatic carbocycles. The molecule has 0 aliphatic rings. The Bertz CT molecular complexity index is 973. The molecule has 0 aliphatic heterocycles. The summed E-state index contributed by atoms with van der Waals surface area (Å²) in [6.07, 6.45) is 1.98. The number of ether oxygens (including phenoxy) is 2. The third kappa shape index (κ3) is 4.22. The molecular formula is C20H24N2O4S. The molecule has 144 valence electrons. The minimum absolute atomic E-state index is 0.259. The van der Waals surface area contributed by atoms with Gasteiger partial charge < -0.3 is 14.0 Å². The van der Waals surface area contributed by atoms with Crippen molar-refractivity contribution in [2.24, 2.45) is 0 Å². The highest BCUT2D eigenvalue weighted by atomic mass is 32.2. The van der Waals surface area contributed by atoms with E-state index in [0.29, 0.717) is 13.2 Å². The first-order chi connectivity index (χ1) is 13.1. The highest BCUT2D eigenvalue weighted by molar-refractivity contribution is 7.89. The lowest BCUT2D eigenvalue weighted by atomic mass is 10.2. The van der Waals surface area contributed by atoms with Gasteiger partial charge in [0.2, 0.25) is 10.0 Å². The zero-order valence-corrected chi connectivity index (χ0v) is 16.4. The molecule has 0 radical (unpaired) electrons. The number of para-hydroxylation sites is 1. The van der Waals surface area contributed by atoms with E-state index in [1.54, 1.807) is 26.4 Å². The van der Waals surface area contributed by atoms with Crippen LogP contribution in [0.2, 0.25) is 0 Å². The van der Waals surface area contributed by atoms with E-state index < -0.39 is 10.0 Å². The highest BCUT2D eigenvalue weighted by Gasteiger charge is 2.24. The molecular weight excluding hydrogens is 364 g/mol. The maximum atomic E-state index is 13.0. The SMILES string of the molecule is COCCN(CCOC)S(=O)(=O)c1ccc(-n2ccc3ccccc32)cc1. The van der Waals surface area contributed by atoms with E-state index >= 15 is 0 Å². The fourth-order valence-electron chi connectivity index (χ4n) is 2.97. The van der Waals surface area contributed by atoms with Crippen molar-refractivity contribution in [1.82, 2.24) is 8.87 Å². The Balaban J connectivity index is 1.88. The fraction of sp³-hybridized carbons (Fsp3) is 0.300. The van der Waals surface area contributed by atoms with Crippen LogP contribution in [0.25, 0.3) is 16.6 Å². The molecule has 0 unspecified atom stereocenters. The molecule has 2 aromatic carbocycles. The van der Waals surface area contributed by atoms with Crippen LogP contribution in [0, 0.1) is 0 Å². The summed E-state index contributed by atoms with van der Waals surface area (Å²) in [4.78, 5) is 0.259. The van der Waals surface area contributed by atoms with Crippen LogP contribution in [0.5, 0.6) is 0 Å². The third-order valence-corrected chi connectivity index (χ3v) is 6.35. The number of methoxy groups -OCH3 is 2. The first kappa shape index (κ1) is 19.6. The van der Waals surface area contributed by atoms with E-state index in [-0.39, 0.29) is 18.0 Å². The predicted octanol–water partition coefficient (Wildman–Crippen LogP) is 2.91. The van der Waals surface area contributed by atoms with Crippen molar-refractivity contribution >= 4 is 20.9 Å². The normalized spacial score (nSPS) is 12.1. The van der Waals surface area contributed by atoms with Crippen molar-refractivity contribution < 1.29 is 17.9 Å². The summed E-state index contributed by atoms with van der Waals surface area (Å²) >= 11 is 0. The van der Waals surface area contributed by atoms with E-state index in [1.807, 2.05) is 53.2 Å². The van der Waals surface area contributed by atoms with Gasteiger partial charge in [0.1, 0.15) is 0 Å². The summed E-state index contributed by atoms with van der Waals surface area (Å²) in [5.74, 6) is 0. The molecule has 7 heteroatoms. The zero-order chi connectivity index (χ0) is 19.3. The first-order valence-electron chi connectivity index (χ1n) is 8.72. The summed E-state index contributed by atoms with van der Waals surface area (Å²) in [5, 5.41) is 1.14. The monoisotopic (exact) mass is 388 g/mol. The summed E-state index contributed by atoms with van der Waals surface area (Å²) in [7, 11) is -0.504. The Hall–Kier alpha value is -2.19. The molecule has 6 nitrogen and oxygen atoms in total. The van der Waals surface area contributed by atoms with E-state index in [4.69, 9.17) is 9.47 Å².